The van der Waals surface area contributed by atoms with E-state index >= 15 is 0 Å². The molecule has 1 aromatic heterocycles. The summed E-state index contributed by atoms with van der Waals surface area (Å²) in [6, 6.07) is 13.9. The van der Waals surface area contributed by atoms with Crippen molar-refractivity contribution in [2.75, 3.05) is 7.11 Å². The Bertz CT molecular complexity index is 856. The van der Waals surface area contributed by atoms with Gasteiger partial charge in [0.2, 0.25) is 0 Å². The van der Waals surface area contributed by atoms with E-state index in [0.717, 1.165) is 11.3 Å². The Morgan fingerprint density at radius 1 is 1.04 bits per heavy atom. The molecule has 0 bridgehead atoms. The number of amides is 1. The number of methoxy groups -OCH3 is 1. The van der Waals surface area contributed by atoms with Gasteiger partial charge in [0.25, 0.3) is 5.91 Å². The quantitative estimate of drug-likeness (QED) is 0.720. The van der Waals surface area contributed by atoms with Gasteiger partial charge >= 0.3 is 5.97 Å². The van der Waals surface area contributed by atoms with Crippen LogP contribution in [0.25, 0.3) is 5.69 Å². The number of rotatable bonds is 5. The van der Waals surface area contributed by atoms with E-state index in [1.165, 1.54) is 13.4 Å². The maximum Gasteiger partial charge on any atom is 0.337 e. The smallest absolute Gasteiger partial charge is 0.337 e. The predicted molar refractivity (Wildman–Crippen MR) is 90.3 cm³/mol. The molecule has 1 N–H and O–H groups in total. The van der Waals surface area contributed by atoms with Crippen molar-refractivity contribution in [2.45, 2.75) is 6.54 Å². The first kappa shape index (κ1) is 16.4. The average molecular weight is 336 g/mol. The van der Waals surface area contributed by atoms with Crippen LogP contribution in [0.5, 0.6) is 0 Å². The molecule has 0 aliphatic heterocycles. The van der Waals surface area contributed by atoms with Gasteiger partial charge in [-0.1, -0.05) is 12.1 Å². The highest BCUT2D eigenvalue weighted by molar-refractivity contribution is 5.94. The van der Waals surface area contributed by atoms with Crippen LogP contribution in [0.2, 0.25) is 0 Å². The van der Waals surface area contributed by atoms with Gasteiger partial charge in [-0.15, -0.1) is 0 Å². The Morgan fingerprint density at radius 2 is 1.72 bits per heavy atom. The molecule has 126 valence electrons. The van der Waals surface area contributed by atoms with Crippen LogP contribution in [0, 0.1) is 0 Å². The lowest BCUT2D eigenvalue weighted by molar-refractivity contribution is 0.0600. The Morgan fingerprint density at radius 3 is 2.32 bits per heavy atom. The van der Waals surface area contributed by atoms with Crippen LogP contribution in [0.15, 0.2) is 61.2 Å². The molecular weight excluding hydrogens is 320 g/mol. The zero-order chi connectivity index (χ0) is 17.6. The lowest BCUT2D eigenvalue weighted by Gasteiger charge is -2.07. The molecule has 2 aromatic carbocycles. The topological polar surface area (TPSA) is 86.1 Å². The average Bonchev–Trinajstić information content (AvgIpc) is 3.21. The van der Waals surface area contributed by atoms with Gasteiger partial charge in [0.1, 0.15) is 12.7 Å². The molecule has 3 rings (SSSR count). The number of nitrogens with zero attached hydrogens (tertiary/aromatic N) is 3. The molecule has 0 atom stereocenters. The zero-order valence-electron chi connectivity index (χ0n) is 13.5. The number of ether oxygens (including phenoxy) is 1. The van der Waals surface area contributed by atoms with Gasteiger partial charge in [0.05, 0.1) is 18.4 Å². The summed E-state index contributed by atoms with van der Waals surface area (Å²) in [6.45, 7) is 0.366. The first-order chi connectivity index (χ1) is 12.2. The van der Waals surface area contributed by atoms with E-state index in [2.05, 4.69) is 20.1 Å². The zero-order valence-corrected chi connectivity index (χ0v) is 13.5. The van der Waals surface area contributed by atoms with Crippen LogP contribution in [0.4, 0.5) is 0 Å². The maximum absolute atomic E-state index is 12.2. The SMILES string of the molecule is COC(=O)c1ccc(CNC(=O)c2ccc(-n3cncn3)cc2)cc1. The number of esters is 1. The molecule has 0 saturated carbocycles. The van der Waals surface area contributed by atoms with E-state index in [-0.39, 0.29) is 11.9 Å². The predicted octanol–water partition coefficient (Wildman–Crippen LogP) is 1.98. The fourth-order valence-corrected chi connectivity index (χ4v) is 2.27. The fraction of sp³-hybridized carbons (Fsp3) is 0.111. The van der Waals surface area contributed by atoms with Gasteiger partial charge in [-0.3, -0.25) is 4.79 Å². The Labute approximate surface area is 144 Å². The summed E-state index contributed by atoms with van der Waals surface area (Å²) in [5.41, 5.74) is 2.74. The third-order valence-corrected chi connectivity index (χ3v) is 3.64. The Hall–Kier alpha value is -3.48. The summed E-state index contributed by atoms with van der Waals surface area (Å²) in [7, 11) is 1.34. The molecular formula is C18H16N4O3. The number of nitrogens with one attached hydrogen (secondary N) is 1. The molecule has 7 nitrogen and oxygen atoms in total. The summed E-state index contributed by atoms with van der Waals surface area (Å²) < 4.78 is 6.27. The van der Waals surface area contributed by atoms with Crippen molar-refractivity contribution < 1.29 is 14.3 Å². The molecule has 0 aliphatic carbocycles. The summed E-state index contributed by atoms with van der Waals surface area (Å²) >= 11 is 0. The van der Waals surface area contributed by atoms with Crippen LogP contribution in [0.3, 0.4) is 0 Å². The number of carbonyl (C=O) groups excluding carboxylic acids is 2. The molecule has 0 saturated heterocycles. The molecule has 0 spiro atoms. The molecule has 1 amide bonds. The van der Waals surface area contributed by atoms with E-state index in [1.54, 1.807) is 59.5 Å². The van der Waals surface area contributed by atoms with E-state index in [0.29, 0.717) is 17.7 Å². The van der Waals surface area contributed by atoms with E-state index in [4.69, 9.17) is 0 Å². The highest BCUT2D eigenvalue weighted by Crippen LogP contribution is 2.09. The molecule has 25 heavy (non-hydrogen) atoms. The third kappa shape index (κ3) is 3.89. The van der Waals surface area contributed by atoms with E-state index < -0.39 is 0 Å². The van der Waals surface area contributed by atoms with Crippen LogP contribution in [-0.4, -0.2) is 33.8 Å². The van der Waals surface area contributed by atoms with Gasteiger partial charge in [-0.05, 0) is 42.0 Å². The summed E-state index contributed by atoms with van der Waals surface area (Å²) in [5, 5.41) is 6.88. The molecule has 1 heterocycles. The summed E-state index contributed by atoms with van der Waals surface area (Å²) in [4.78, 5) is 27.5. The van der Waals surface area contributed by atoms with Crippen LogP contribution < -0.4 is 5.32 Å². The molecule has 0 radical (unpaired) electrons. The van der Waals surface area contributed by atoms with Crippen LogP contribution in [0.1, 0.15) is 26.3 Å². The van der Waals surface area contributed by atoms with Gasteiger partial charge in [-0.2, -0.15) is 5.10 Å². The second-order valence-corrected chi connectivity index (χ2v) is 5.26. The lowest BCUT2D eigenvalue weighted by Crippen LogP contribution is -2.22. The minimum Gasteiger partial charge on any atom is -0.465 e. The highest BCUT2D eigenvalue weighted by atomic mass is 16.5. The molecule has 0 aliphatic rings. The van der Waals surface area contributed by atoms with Gasteiger partial charge < -0.3 is 10.1 Å². The first-order valence-corrected chi connectivity index (χ1v) is 7.58. The summed E-state index contributed by atoms with van der Waals surface area (Å²) in [6.07, 6.45) is 3.04. The minimum atomic E-state index is -0.386. The summed E-state index contributed by atoms with van der Waals surface area (Å²) in [5.74, 6) is -0.565. The number of benzene rings is 2. The first-order valence-electron chi connectivity index (χ1n) is 7.58. The van der Waals surface area contributed by atoms with Crippen LogP contribution >= 0.6 is 0 Å². The molecule has 3 aromatic rings. The third-order valence-electron chi connectivity index (χ3n) is 3.64. The Balaban J connectivity index is 1.60. The standard InChI is InChI=1S/C18H16N4O3/c1-25-18(24)15-4-2-13(3-5-15)10-20-17(23)14-6-8-16(9-7-14)22-12-19-11-21-22/h2-9,11-12H,10H2,1H3,(H,20,23). The largest absolute Gasteiger partial charge is 0.465 e. The van der Waals surface area contributed by atoms with E-state index in [1.807, 2.05) is 0 Å². The van der Waals surface area contributed by atoms with E-state index in [9.17, 15) is 9.59 Å². The minimum absolute atomic E-state index is 0.179. The molecule has 0 unspecified atom stereocenters. The maximum atomic E-state index is 12.2. The lowest BCUT2D eigenvalue weighted by atomic mass is 10.1. The van der Waals surface area contributed by atoms with Crippen molar-refractivity contribution in [3.8, 4) is 5.69 Å². The van der Waals surface area contributed by atoms with Crippen molar-refractivity contribution in [1.82, 2.24) is 20.1 Å². The highest BCUT2D eigenvalue weighted by Gasteiger charge is 2.07. The van der Waals surface area contributed by atoms with Crippen molar-refractivity contribution >= 4 is 11.9 Å². The number of hydrogen-bond acceptors (Lipinski definition) is 5. The number of hydrogen-bond donors (Lipinski definition) is 1. The van der Waals surface area contributed by atoms with Crippen molar-refractivity contribution in [3.05, 3.63) is 77.9 Å². The molecule has 7 heteroatoms. The van der Waals surface area contributed by atoms with Crippen molar-refractivity contribution in [3.63, 3.8) is 0 Å². The van der Waals surface area contributed by atoms with Gasteiger partial charge in [-0.25, -0.2) is 14.5 Å². The number of aromatic nitrogens is 3. The fourth-order valence-electron chi connectivity index (χ4n) is 2.27. The van der Waals surface area contributed by atoms with Gasteiger partial charge in [0.15, 0.2) is 0 Å². The normalized spacial score (nSPS) is 10.3. The monoisotopic (exact) mass is 336 g/mol. The van der Waals surface area contributed by atoms with Crippen LogP contribution in [-0.2, 0) is 11.3 Å². The number of carbonyl (C=O) groups is 2. The van der Waals surface area contributed by atoms with Gasteiger partial charge in [0, 0.05) is 12.1 Å². The second kappa shape index (κ2) is 7.39. The molecule has 0 fully saturated rings. The Kier molecular flexibility index (Phi) is 4.84. The van der Waals surface area contributed by atoms with Crippen molar-refractivity contribution in [2.24, 2.45) is 0 Å². The second-order valence-electron chi connectivity index (χ2n) is 5.26. The van der Waals surface area contributed by atoms with Crippen molar-refractivity contribution in [1.29, 1.82) is 0 Å².